The molecule has 3 heterocycles. The van der Waals surface area contributed by atoms with Crippen LogP contribution in [0.2, 0.25) is 0 Å². The highest BCUT2D eigenvalue weighted by Crippen LogP contribution is 2.26. The Hall–Kier alpha value is -3.58. The van der Waals surface area contributed by atoms with Crippen molar-refractivity contribution in [2.24, 2.45) is 0 Å². The minimum Gasteiger partial charge on any atom is -0.327 e. The molecule has 7 heteroatoms. The summed E-state index contributed by atoms with van der Waals surface area (Å²) < 4.78 is 2.22. The predicted molar refractivity (Wildman–Crippen MR) is 117 cm³/mol. The largest absolute Gasteiger partial charge is 0.327 e. The summed E-state index contributed by atoms with van der Waals surface area (Å²) in [7, 11) is 0. The molecular formula is C24H22N4O3. The maximum atomic E-state index is 12.4. The first-order chi connectivity index (χ1) is 15.2. The molecule has 0 spiro atoms. The number of rotatable bonds is 7. The molecule has 31 heavy (non-hydrogen) atoms. The van der Waals surface area contributed by atoms with E-state index in [4.69, 9.17) is 9.82 Å². The molecule has 7 nitrogen and oxygen atoms in total. The van der Waals surface area contributed by atoms with E-state index in [1.54, 1.807) is 24.3 Å². The highest BCUT2D eigenvalue weighted by molar-refractivity contribution is 6.20. The summed E-state index contributed by atoms with van der Waals surface area (Å²) in [6.07, 6.45) is 4.30. The molecule has 156 valence electrons. The molecule has 0 saturated carbocycles. The van der Waals surface area contributed by atoms with Gasteiger partial charge in [0.15, 0.2) is 0 Å². The first-order valence-electron chi connectivity index (χ1n) is 10.5. The zero-order valence-corrected chi connectivity index (χ0v) is 17.2. The quantitative estimate of drug-likeness (QED) is 0.335. The number of aryl methyl sites for hydroxylation is 2. The van der Waals surface area contributed by atoms with Gasteiger partial charge in [-0.05, 0) is 31.0 Å². The normalized spacial score (nSPS) is 13.5. The summed E-state index contributed by atoms with van der Waals surface area (Å²) in [6.45, 7) is 3.05. The Bertz CT molecular complexity index is 1280. The molecule has 5 rings (SSSR count). The molecular weight excluding hydrogens is 392 g/mol. The summed E-state index contributed by atoms with van der Waals surface area (Å²) in [5, 5.41) is 1.94. The average molecular weight is 414 g/mol. The number of para-hydroxylation sites is 1. The number of imidazole rings is 1. The molecule has 4 aromatic rings. The van der Waals surface area contributed by atoms with Crippen LogP contribution in [-0.2, 0) is 17.8 Å². The zero-order valence-electron chi connectivity index (χ0n) is 17.2. The molecule has 1 aliphatic heterocycles. The third kappa shape index (κ3) is 3.27. The number of carbonyl (C=O) groups is 2. The van der Waals surface area contributed by atoms with E-state index in [9.17, 15) is 9.59 Å². The van der Waals surface area contributed by atoms with Crippen molar-refractivity contribution in [3.8, 4) is 0 Å². The van der Waals surface area contributed by atoms with Crippen molar-refractivity contribution in [1.29, 1.82) is 0 Å². The Morgan fingerprint density at radius 2 is 1.65 bits per heavy atom. The van der Waals surface area contributed by atoms with E-state index < -0.39 is 11.8 Å². The summed E-state index contributed by atoms with van der Waals surface area (Å²) in [5.74, 6) is 0.200. The second kappa shape index (κ2) is 7.92. The number of amides is 2. The lowest BCUT2D eigenvalue weighted by molar-refractivity contribution is -0.0925. The van der Waals surface area contributed by atoms with Crippen molar-refractivity contribution >= 4 is 33.8 Å². The molecule has 0 aliphatic carbocycles. The van der Waals surface area contributed by atoms with Crippen molar-refractivity contribution in [3.63, 3.8) is 0 Å². The number of hydrogen-bond donors (Lipinski definition) is 0. The smallest absolute Gasteiger partial charge is 0.285 e. The van der Waals surface area contributed by atoms with Crippen LogP contribution < -0.4 is 0 Å². The second-order valence-corrected chi connectivity index (χ2v) is 7.58. The van der Waals surface area contributed by atoms with Crippen molar-refractivity contribution in [3.05, 3.63) is 71.7 Å². The maximum absolute atomic E-state index is 12.4. The highest BCUT2D eigenvalue weighted by Gasteiger charge is 2.36. The van der Waals surface area contributed by atoms with Gasteiger partial charge in [-0.3, -0.25) is 19.4 Å². The third-order valence-corrected chi connectivity index (χ3v) is 5.54. The lowest BCUT2D eigenvalue weighted by Crippen LogP contribution is -2.30. The van der Waals surface area contributed by atoms with Gasteiger partial charge in [0.2, 0.25) is 0 Å². The second-order valence-electron chi connectivity index (χ2n) is 7.58. The Morgan fingerprint density at radius 1 is 0.935 bits per heavy atom. The molecule has 2 amide bonds. The third-order valence-electron chi connectivity index (χ3n) is 5.54. The summed E-state index contributed by atoms with van der Waals surface area (Å²) in [5.41, 5.74) is 3.65. The molecule has 0 atom stereocenters. The Balaban J connectivity index is 1.35. The molecule has 2 aromatic carbocycles. The highest BCUT2D eigenvalue weighted by atomic mass is 16.7. The number of benzene rings is 2. The van der Waals surface area contributed by atoms with Gasteiger partial charge in [-0.15, -0.1) is 5.06 Å². The van der Waals surface area contributed by atoms with Crippen LogP contribution in [-0.4, -0.2) is 38.0 Å². The van der Waals surface area contributed by atoms with Crippen LogP contribution in [0.1, 0.15) is 46.3 Å². The van der Waals surface area contributed by atoms with E-state index in [0.29, 0.717) is 24.1 Å². The summed E-state index contributed by atoms with van der Waals surface area (Å²) in [4.78, 5) is 39.8. The first-order valence-corrected chi connectivity index (χ1v) is 10.5. The molecule has 1 aliphatic rings. The van der Waals surface area contributed by atoms with Gasteiger partial charge in [-0.25, -0.2) is 4.98 Å². The van der Waals surface area contributed by atoms with E-state index in [2.05, 4.69) is 22.5 Å². The molecule has 0 radical (unpaired) electrons. The van der Waals surface area contributed by atoms with E-state index in [0.717, 1.165) is 45.7 Å². The van der Waals surface area contributed by atoms with Crippen LogP contribution in [0.4, 0.5) is 0 Å². The van der Waals surface area contributed by atoms with Crippen molar-refractivity contribution in [1.82, 2.24) is 19.6 Å². The van der Waals surface area contributed by atoms with Crippen LogP contribution in [0.25, 0.3) is 21.9 Å². The van der Waals surface area contributed by atoms with Crippen molar-refractivity contribution in [2.45, 2.75) is 32.7 Å². The lowest BCUT2D eigenvalue weighted by atomic mass is 10.1. The Kier molecular flexibility index (Phi) is 4.95. The number of imide groups is 1. The van der Waals surface area contributed by atoms with Crippen LogP contribution in [0.15, 0.2) is 54.7 Å². The van der Waals surface area contributed by atoms with Crippen LogP contribution in [0, 0.1) is 0 Å². The van der Waals surface area contributed by atoms with Gasteiger partial charge in [0.25, 0.3) is 11.8 Å². The number of pyridine rings is 1. The van der Waals surface area contributed by atoms with E-state index in [1.807, 2.05) is 24.4 Å². The van der Waals surface area contributed by atoms with E-state index in [1.165, 1.54) is 0 Å². The standard InChI is InChI=1S/C24H22N4O3/c1-2-8-21-26-20-15-25-19-12-6-5-11-18(19)22(20)27(21)13-7-14-31-28-23(29)16-9-3-4-10-17(16)24(28)30/h3-6,9-12,15H,2,7-8,13-14H2,1H3. The topological polar surface area (TPSA) is 77.3 Å². The van der Waals surface area contributed by atoms with Gasteiger partial charge in [0.05, 0.1) is 35.0 Å². The SMILES string of the molecule is CCCc1nc2cnc3ccccc3c2n1CCCON1C(=O)c2ccccc2C1=O. The predicted octanol–water partition coefficient (Wildman–Crippen LogP) is 4.15. The van der Waals surface area contributed by atoms with E-state index >= 15 is 0 Å². The van der Waals surface area contributed by atoms with Crippen LogP contribution >= 0.6 is 0 Å². The maximum Gasteiger partial charge on any atom is 0.285 e. The fraction of sp³-hybridized carbons (Fsp3) is 0.250. The van der Waals surface area contributed by atoms with Crippen molar-refractivity contribution < 1.29 is 14.4 Å². The molecule has 0 saturated heterocycles. The van der Waals surface area contributed by atoms with Gasteiger partial charge in [0, 0.05) is 18.4 Å². The van der Waals surface area contributed by atoms with Gasteiger partial charge < -0.3 is 4.57 Å². The zero-order chi connectivity index (χ0) is 21.4. The fourth-order valence-corrected chi connectivity index (χ4v) is 4.13. The number of nitrogens with zero attached hydrogens (tertiary/aromatic N) is 4. The summed E-state index contributed by atoms with van der Waals surface area (Å²) >= 11 is 0. The number of carbonyl (C=O) groups excluding carboxylic acids is 2. The van der Waals surface area contributed by atoms with Gasteiger partial charge in [0.1, 0.15) is 11.3 Å². The minimum absolute atomic E-state index is 0.250. The first kappa shape index (κ1) is 19.4. The number of hydroxylamine groups is 2. The van der Waals surface area contributed by atoms with E-state index in [-0.39, 0.29) is 6.61 Å². The molecule has 0 fully saturated rings. The van der Waals surface area contributed by atoms with Crippen LogP contribution in [0.3, 0.4) is 0 Å². The van der Waals surface area contributed by atoms with Crippen LogP contribution in [0.5, 0.6) is 0 Å². The molecule has 2 aromatic heterocycles. The number of hydrogen-bond acceptors (Lipinski definition) is 5. The Morgan fingerprint density at radius 3 is 2.39 bits per heavy atom. The average Bonchev–Trinajstić information content (AvgIpc) is 3.27. The summed E-state index contributed by atoms with van der Waals surface area (Å²) in [6, 6.07) is 14.8. The molecule has 0 unspecified atom stereocenters. The van der Waals surface area contributed by atoms with Gasteiger partial charge in [-0.1, -0.05) is 37.3 Å². The van der Waals surface area contributed by atoms with Crippen molar-refractivity contribution in [2.75, 3.05) is 6.61 Å². The number of aromatic nitrogens is 3. The molecule has 0 N–H and O–H groups in total. The van der Waals surface area contributed by atoms with Gasteiger partial charge in [-0.2, -0.15) is 0 Å². The van der Waals surface area contributed by atoms with Gasteiger partial charge >= 0.3 is 0 Å². The molecule has 0 bridgehead atoms. The Labute approximate surface area is 179 Å². The lowest BCUT2D eigenvalue weighted by Gasteiger charge is -2.14. The minimum atomic E-state index is -0.405. The monoisotopic (exact) mass is 414 g/mol. The fourth-order valence-electron chi connectivity index (χ4n) is 4.13. The number of fused-ring (bicyclic) bond motifs is 4.